The van der Waals surface area contributed by atoms with E-state index in [4.69, 9.17) is 4.42 Å². The normalized spacial score (nSPS) is 10.6. The van der Waals surface area contributed by atoms with Crippen LogP contribution in [0.1, 0.15) is 0 Å². The van der Waals surface area contributed by atoms with Gasteiger partial charge in [-0.05, 0) is 42.5 Å². The second-order valence-electron chi connectivity index (χ2n) is 5.51. The van der Waals surface area contributed by atoms with Crippen molar-refractivity contribution in [2.45, 2.75) is 0 Å². The average Bonchev–Trinajstić information content (AvgIpc) is 3.07. The van der Waals surface area contributed by atoms with E-state index in [2.05, 4.69) is 15.6 Å². The molecule has 4 rings (SSSR count). The van der Waals surface area contributed by atoms with Crippen molar-refractivity contribution in [2.24, 2.45) is 0 Å². The van der Waals surface area contributed by atoms with Gasteiger partial charge in [0.25, 0.3) is 0 Å². The number of fused-ring (bicyclic) bond motifs is 1. The fourth-order valence-corrected chi connectivity index (χ4v) is 2.54. The Balaban J connectivity index is 1.54. The van der Waals surface area contributed by atoms with Crippen LogP contribution in [0.3, 0.4) is 0 Å². The standard InChI is InChI=1S/C20H15N3O2/c24-20(21-15-8-2-1-3-9-15)22-16-10-6-7-14(13-16)19-23-17-11-4-5-12-18(17)25-19/h1-13H,(H2,21,22,24). The Labute approximate surface area is 144 Å². The van der Waals surface area contributed by atoms with Crippen molar-refractivity contribution >= 4 is 28.5 Å². The van der Waals surface area contributed by atoms with Crippen LogP contribution in [-0.2, 0) is 0 Å². The van der Waals surface area contributed by atoms with E-state index in [0.29, 0.717) is 11.6 Å². The van der Waals surface area contributed by atoms with Gasteiger partial charge in [0.2, 0.25) is 5.89 Å². The molecule has 0 bridgehead atoms. The number of hydrogen-bond donors (Lipinski definition) is 2. The zero-order valence-corrected chi connectivity index (χ0v) is 13.3. The molecule has 1 heterocycles. The molecule has 0 fully saturated rings. The lowest BCUT2D eigenvalue weighted by atomic mass is 10.2. The highest BCUT2D eigenvalue weighted by molar-refractivity contribution is 6.00. The van der Waals surface area contributed by atoms with Crippen molar-refractivity contribution in [3.05, 3.63) is 78.9 Å². The van der Waals surface area contributed by atoms with Crippen LogP contribution in [0.4, 0.5) is 16.2 Å². The third-order valence-corrected chi connectivity index (χ3v) is 3.69. The van der Waals surface area contributed by atoms with E-state index in [1.807, 2.05) is 78.9 Å². The first-order valence-corrected chi connectivity index (χ1v) is 7.87. The fourth-order valence-electron chi connectivity index (χ4n) is 2.54. The molecule has 0 spiro atoms. The zero-order chi connectivity index (χ0) is 17.1. The third-order valence-electron chi connectivity index (χ3n) is 3.69. The van der Waals surface area contributed by atoms with Gasteiger partial charge in [0.05, 0.1) is 0 Å². The van der Waals surface area contributed by atoms with Crippen molar-refractivity contribution in [1.29, 1.82) is 0 Å². The predicted molar refractivity (Wildman–Crippen MR) is 98.5 cm³/mol. The summed E-state index contributed by atoms with van der Waals surface area (Å²) in [6, 6.07) is 24.0. The highest BCUT2D eigenvalue weighted by Gasteiger charge is 2.09. The highest BCUT2D eigenvalue weighted by atomic mass is 16.3. The van der Waals surface area contributed by atoms with Crippen LogP contribution in [0, 0.1) is 0 Å². The first-order valence-electron chi connectivity index (χ1n) is 7.87. The number of carbonyl (C=O) groups excluding carboxylic acids is 1. The molecule has 0 radical (unpaired) electrons. The second kappa shape index (κ2) is 6.49. The first kappa shape index (κ1) is 15.0. The van der Waals surface area contributed by atoms with E-state index in [1.165, 1.54) is 0 Å². The summed E-state index contributed by atoms with van der Waals surface area (Å²) in [6.07, 6.45) is 0. The Bertz CT molecular complexity index is 992. The van der Waals surface area contributed by atoms with Crippen molar-refractivity contribution < 1.29 is 9.21 Å². The van der Waals surface area contributed by atoms with Crippen LogP contribution in [0.15, 0.2) is 83.3 Å². The summed E-state index contributed by atoms with van der Waals surface area (Å²) < 4.78 is 5.77. The molecule has 0 aliphatic carbocycles. The van der Waals surface area contributed by atoms with E-state index >= 15 is 0 Å². The van der Waals surface area contributed by atoms with Gasteiger partial charge in [0.1, 0.15) is 5.52 Å². The number of nitrogens with zero attached hydrogens (tertiary/aromatic N) is 1. The molecule has 0 saturated carbocycles. The maximum Gasteiger partial charge on any atom is 0.323 e. The minimum atomic E-state index is -0.305. The molecule has 0 saturated heterocycles. The summed E-state index contributed by atoms with van der Waals surface area (Å²) in [6.45, 7) is 0. The lowest BCUT2D eigenvalue weighted by Crippen LogP contribution is -2.19. The molecule has 122 valence electrons. The van der Waals surface area contributed by atoms with E-state index in [-0.39, 0.29) is 6.03 Å². The molecule has 2 amide bonds. The Morgan fingerprint density at radius 2 is 1.52 bits per heavy atom. The number of oxazole rings is 1. The minimum Gasteiger partial charge on any atom is -0.436 e. The molecule has 0 aliphatic rings. The minimum absolute atomic E-state index is 0.305. The molecule has 0 unspecified atom stereocenters. The average molecular weight is 329 g/mol. The molecule has 4 aromatic rings. The van der Waals surface area contributed by atoms with Gasteiger partial charge in [-0.15, -0.1) is 0 Å². The van der Waals surface area contributed by atoms with Crippen molar-refractivity contribution in [3.8, 4) is 11.5 Å². The number of carbonyl (C=O) groups is 1. The molecular formula is C20H15N3O2. The van der Waals surface area contributed by atoms with E-state index < -0.39 is 0 Å². The zero-order valence-electron chi connectivity index (χ0n) is 13.3. The lowest BCUT2D eigenvalue weighted by molar-refractivity contribution is 0.262. The summed E-state index contributed by atoms with van der Waals surface area (Å²) in [5.74, 6) is 0.522. The molecular weight excluding hydrogens is 314 g/mol. The van der Waals surface area contributed by atoms with Crippen LogP contribution in [0.25, 0.3) is 22.6 Å². The van der Waals surface area contributed by atoms with Gasteiger partial charge in [-0.3, -0.25) is 0 Å². The summed E-state index contributed by atoms with van der Waals surface area (Å²) in [5.41, 5.74) is 3.73. The maximum atomic E-state index is 12.1. The van der Waals surface area contributed by atoms with Gasteiger partial charge < -0.3 is 15.1 Å². The molecule has 0 aliphatic heterocycles. The van der Waals surface area contributed by atoms with Crippen LogP contribution in [-0.4, -0.2) is 11.0 Å². The number of anilines is 2. The smallest absolute Gasteiger partial charge is 0.323 e. The highest BCUT2D eigenvalue weighted by Crippen LogP contribution is 2.26. The van der Waals surface area contributed by atoms with E-state index in [0.717, 1.165) is 22.4 Å². The van der Waals surface area contributed by atoms with Crippen molar-refractivity contribution in [2.75, 3.05) is 10.6 Å². The number of aromatic nitrogens is 1. The van der Waals surface area contributed by atoms with Gasteiger partial charge in [0.15, 0.2) is 5.58 Å². The van der Waals surface area contributed by atoms with E-state index in [1.54, 1.807) is 0 Å². The van der Waals surface area contributed by atoms with Gasteiger partial charge >= 0.3 is 6.03 Å². The number of para-hydroxylation sites is 3. The van der Waals surface area contributed by atoms with Crippen molar-refractivity contribution in [1.82, 2.24) is 4.98 Å². The molecule has 1 aromatic heterocycles. The predicted octanol–water partition coefficient (Wildman–Crippen LogP) is 5.14. The van der Waals surface area contributed by atoms with Gasteiger partial charge in [-0.1, -0.05) is 36.4 Å². The monoisotopic (exact) mass is 329 g/mol. The number of amides is 2. The number of benzene rings is 3. The Hall–Kier alpha value is -3.60. The number of rotatable bonds is 3. The Morgan fingerprint density at radius 3 is 2.36 bits per heavy atom. The first-order chi connectivity index (χ1) is 12.3. The molecule has 25 heavy (non-hydrogen) atoms. The van der Waals surface area contributed by atoms with Crippen LogP contribution < -0.4 is 10.6 Å². The van der Waals surface area contributed by atoms with Crippen LogP contribution in [0.5, 0.6) is 0 Å². The molecule has 5 nitrogen and oxygen atoms in total. The molecule has 3 aromatic carbocycles. The quantitative estimate of drug-likeness (QED) is 0.547. The summed E-state index contributed by atoms with van der Waals surface area (Å²) in [5, 5.41) is 5.60. The Kier molecular flexibility index (Phi) is 3.88. The third kappa shape index (κ3) is 3.35. The molecule has 0 atom stereocenters. The largest absolute Gasteiger partial charge is 0.436 e. The number of nitrogens with one attached hydrogen (secondary N) is 2. The fraction of sp³-hybridized carbons (Fsp3) is 0. The SMILES string of the molecule is O=C(Nc1ccccc1)Nc1cccc(-c2nc3ccccc3o2)c1. The van der Waals surface area contributed by atoms with Crippen molar-refractivity contribution in [3.63, 3.8) is 0 Å². The lowest BCUT2D eigenvalue weighted by Gasteiger charge is -2.08. The second-order valence-corrected chi connectivity index (χ2v) is 5.51. The maximum absolute atomic E-state index is 12.1. The number of hydrogen-bond acceptors (Lipinski definition) is 3. The summed E-state index contributed by atoms with van der Waals surface area (Å²) in [4.78, 5) is 16.6. The van der Waals surface area contributed by atoms with Crippen LogP contribution >= 0.6 is 0 Å². The topological polar surface area (TPSA) is 67.2 Å². The summed E-state index contributed by atoms with van der Waals surface area (Å²) >= 11 is 0. The number of urea groups is 1. The Morgan fingerprint density at radius 1 is 0.800 bits per heavy atom. The summed E-state index contributed by atoms with van der Waals surface area (Å²) in [7, 11) is 0. The molecule has 2 N–H and O–H groups in total. The van der Waals surface area contributed by atoms with Crippen LogP contribution in [0.2, 0.25) is 0 Å². The van der Waals surface area contributed by atoms with Gasteiger partial charge in [0, 0.05) is 16.9 Å². The van der Waals surface area contributed by atoms with E-state index in [9.17, 15) is 4.79 Å². The molecule has 5 heteroatoms. The van der Waals surface area contributed by atoms with Gasteiger partial charge in [-0.2, -0.15) is 0 Å². The van der Waals surface area contributed by atoms with Gasteiger partial charge in [-0.25, -0.2) is 9.78 Å².